The van der Waals surface area contributed by atoms with Crippen molar-refractivity contribution >= 4 is 17.6 Å². The molecule has 7 nitrogen and oxygen atoms in total. The molecular weight excluding hydrogens is 342 g/mol. The summed E-state index contributed by atoms with van der Waals surface area (Å²) >= 11 is 0. The number of benzene rings is 1. The Labute approximate surface area is 160 Å². The second kappa shape index (κ2) is 9.50. The first kappa shape index (κ1) is 20.9. The maximum absolute atomic E-state index is 12.7. The van der Waals surface area contributed by atoms with E-state index >= 15 is 0 Å². The second-order valence-electron chi connectivity index (χ2n) is 7.65. The van der Waals surface area contributed by atoms with Crippen LogP contribution in [0.5, 0.6) is 0 Å². The summed E-state index contributed by atoms with van der Waals surface area (Å²) in [5, 5.41) is 13.4. The van der Waals surface area contributed by atoms with E-state index in [1.165, 1.54) is 0 Å². The Bertz CT molecular complexity index is 681. The quantitative estimate of drug-likeness (QED) is 0.364. The van der Waals surface area contributed by atoms with Crippen LogP contribution in [0.1, 0.15) is 55.5 Å². The summed E-state index contributed by atoms with van der Waals surface area (Å²) in [5.41, 5.74) is 12.1. The third-order valence-electron chi connectivity index (χ3n) is 5.20. The monoisotopic (exact) mass is 373 g/mol. The number of hydrogen-bond acceptors (Lipinski definition) is 4. The molecule has 1 aromatic carbocycles. The van der Waals surface area contributed by atoms with Crippen molar-refractivity contribution in [2.24, 2.45) is 23.3 Å². The van der Waals surface area contributed by atoms with E-state index < -0.39 is 6.04 Å². The summed E-state index contributed by atoms with van der Waals surface area (Å²) in [5.74, 6) is -0.107. The van der Waals surface area contributed by atoms with Gasteiger partial charge in [-0.25, -0.2) is 0 Å². The number of carbonyl (C=O) groups excluding carboxylic acids is 2. The molecule has 2 amide bonds. The molecule has 2 rings (SSSR count). The van der Waals surface area contributed by atoms with E-state index in [1.807, 2.05) is 13.8 Å². The van der Waals surface area contributed by atoms with Crippen molar-refractivity contribution in [2.45, 2.75) is 51.6 Å². The predicted octanol–water partition coefficient (Wildman–Crippen LogP) is 1.36. The van der Waals surface area contributed by atoms with Crippen LogP contribution in [0.4, 0.5) is 0 Å². The number of amidine groups is 1. The van der Waals surface area contributed by atoms with Crippen molar-refractivity contribution in [1.82, 2.24) is 10.6 Å². The molecule has 27 heavy (non-hydrogen) atoms. The predicted molar refractivity (Wildman–Crippen MR) is 106 cm³/mol. The van der Waals surface area contributed by atoms with Crippen LogP contribution in [-0.4, -0.2) is 36.3 Å². The van der Waals surface area contributed by atoms with E-state index in [1.54, 1.807) is 24.3 Å². The van der Waals surface area contributed by atoms with Gasteiger partial charge >= 0.3 is 0 Å². The van der Waals surface area contributed by atoms with Crippen molar-refractivity contribution in [3.63, 3.8) is 0 Å². The number of nitrogen functional groups attached to an aromatic ring is 1. The van der Waals surface area contributed by atoms with Gasteiger partial charge < -0.3 is 22.1 Å². The Morgan fingerprint density at radius 3 is 2.37 bits per heavy atom. The SMILES string of the molecule is CC(C)[C@H](NC(=O)c1cccc(C(=N)N)c1)C(=O)NC1CCC(CN)CC1. The third kappa shape index (κ3) is 5.79. The Kier molecular flexibility index (Phi) is 7.36. The van der Waals surface area contributed by atoms with Crippen LogP contribution in [0, 0.1) is 17.2 Å². The Morgan fingerprint density at radius 2 is 1.81 bits per heavy atom. The largest absolute Gasteiger partial charge is 0.384 e. The minimum absolute atomic E-state index is 0.0506. The maximum Gasteiger partial charge on any atom is 0.251 e. The van der Waals surface area contributed by atoms with Gasteiger partial charge in [-0.05, 0) is 56.2 Å². The molecule has 0 aliphatic heterocycles. The smallest absolute Gasteiger partial charge is 0.251 e. The van der Waals surface area contributed by atoms with Gasteiger partial charge in [-0.2, -0.15) is 0 Å². The lowest BCUT2D eigenvalue weighted by atomic mass is 9.86. The van der Waals surface area contributed by atoms with Gasteiger partial charge in [0.2, 0.25) is 5.91 Å². The Hall–Kier alpha value is -2.41. The molecule has 1 aromatic rings. The molecule has 0 saturated heterocycles. The Morgan fingerprint density at radius 1 is 1.19 bits per heavy atom. The fourth-order valence-electron chi connectivity index (χ4n) is 3.42. The van der Waals surface area contributed by atoms with Gasteiger partial charge in [0.05, 0.1) is 0 Å². The van der Waals surface area contributed by atoms with E-state index in [-0.39, 0.29) is 29.6 Å². The number of nitrogens with one attached hydrogen (secondary N) is 3. The lowest BCUT2D eigenvalue weighted by Gasteiger charge is -2.30. The standard InChI is InChI=1S/C20H31N5O2/c1-12(2)17(20(27)24-16-8-6-13(11-21)7-9-16)25-19(26)15-5-3-4-14(10-15)18(22)23/h3-5,10,12-13,16-17H,6-9,11,21H2,1-2H3,(H3,22,23)(H,24,27)(H,25,26)/t13?,16?,17-/m0/s1. The van der Waals surface area contributed by atoms with Crippen LogP contribution in [0.15, 0.2) is 24.3 Å². The van der Waals surface area contributed by atoms with Gasteiger partial charge in [0.25, 0.3) is 5.91 Å². The normalized spacial score (nSPS) is 20.7. The van der Waals surface area contributed by atoms with Gasteiger partial charge in [0.15, 0.2) is 0 Å². The summed E-state index contributed by atoms with van der Waals surface area (Å²) in [7, 11) is 0. The zero-order valence-electron chi connectivity index (χ0n) is 16.1. The van der Waals surface area contributed by atoms with Crippen LogP contribution in [0.25, 0.3) is 0 Å². The topological polar surface area (TPSA) is 134 Å². The van der Waals surface area contributed by atoms with Crippen molar-refractivity contribution < 1.29 is 9.59 Å². The molecule has 148 valence electrons. The zero-order chi connectivity index (χ0) is 20.0. The summed E-state index contributed by atoms with van der Waals surface area (Å²) in [6, 6.07) is 6.06. The van der Waals surface area contributed by atoms with E-state index in [2.05, 4.69) is 10.6 Å². The number of amides is 2. The first-order chi connectivity index (χ1) is 12.8. The van der Waals surface area contributed by atoms with Gasteiger partial charge in [0, 0.05) is 17.2 Å². The van der Waals surface area contributed by atoms with Crippen molar-refractivity contribution in [1.29, 1.82) is 5.41 Å². The lowest BCUT2D eigenvalue weighted by molar-refractivity contribution is -0.124. The average molecular weight is 374 g/mol. The fraction of sp³-hybridized carbons (Fsp3) is 0.550. The highest BCUT2D eigenvalue weighted by Crippen LogP contribution is 2.23. The number of nitrogens with two attached hydrogens (primary N) is 2. The lowest BCUT2D eigenvalue weighted by Crippen LogP contribution is -2.52. The molecule has 1 aliphatic carbocycles. The molecule has 7 heteroatoms. The highest BCUT2D eigenvalue weighted by atomic mass is 16.2. The number of rotatable bonds is 7. The third-order valence-corrected chi connectivity index (χ3v) is 5.20. The van der Waals surface area contributed by atoms with Crippen LogP contribution in [0.2, 0.25) is 0 Å². The first-order valence-electron chi connectivity index (χ1n) is 9.57. The van der Waals surface area contributed by atoms with Gasteiger partial charge in [-0.3, -0.25) is 15.0 Å². The van der Waals surface area contributed by atoms with Crippen LogP contribution < -0.4 is 22.1 Å². The van der Waals surface area contributed by atoms with Crippen molar-refractivity contribution in [3.8, 4) is 0 Å². The molecule has 0 spiro atoms. The van der Waals surface area contributed by atoms with E-state index in [0.717, 1.165) is 25.7 Å². The summed E-state index contributed by atoms with van der Waals surface area (Å²) in [4.78, 5) is 25.3. The Balaban J connectivity index is 2.00. The number of hydrogen-bond donors (Lipinski definition) is 5. The fourth-order valence-corrected chi connectivity index (χ4v) is 3.42. The van der Waals surface area contributed by atoms with Crippen molar-refractivity contribution in [3.05, 3.63) is 35.4 Å². The second-order valence-corrected chi connectivity index (χ2v) is 7.65. The molecule has 7 N–H and O–H groups in total. The highest BCUT2D eigenvalue weighted by molar-refractivity contribution is 6.01. The van der Waals surface area contributed by atoms with Crippen LogP contribution in [-0.2, 0) is 4.79 Å². The minimum Gasteiger partial charge on any atom is -0.384 e. The summed E-state index contributed by atoms with van der Waals surface area (Å²) < 4.78 is 0. The molecule has 0 unspecified atom stereocenters. The molecule has 0 bridgehead atoms. The summed E-state index contributed by atoms with van der Waals surface area (Å²) in [6.07, 6.45) is 3.90. The van der Waals surface area contributed by atoms with E-state index in [9.17, 15) is 9.59 Å². The zero-order valence-corrected chi connectivity index (χ0v) is 16.1. The average Bonchev–Trinajstić information content (AvgIpc) is 2.66. The van der Waals surface area contributed by atoms with Crippen LogP contribution in [0.3, 0.4) is 0 Å². The van der Waals surface area contributed by atoms with Gasteiger partial charge in [-0.1, -0.05) is 26.0 Å². The highest BCUT2D eigenvalue weighted by Gasteiger charge is 2.28. The van der Waals surface area contributed by atoms with Crippen LogP contribution >= 0.6 is 0 Å². The molecule has 1 saturated carbocycles. The van der Waals surface area contributed by atoms with Gasteiger partial charge in [-0.15, -0.1) is 0 Å². The molecule has 0 radical (unpaired) electrons. The van der Waals surface area contributed by atoms with E-state index in [0.29, 0.717) is 23.6 Å². The maximum atomic E-state index is 12.7. The molecule has 1 atom stereocenters. The number of carbonyl (C=O) groups is 2. The molecule has 1 fully saturated rings. The van der Waals surface area contributed by atoms with Gasteiger partial charge in [0.1, 0.15) is 11.9 Å². The minimum atomic E-state index is -0.620. The van der Waals surface area contributed by atoms with E-state index in [4.69, 9.17) is 16.9 Å². The first-order valence-corrected chi connectivity index (χ1v) is 9.57. The molecular formula is C20H31N5O2. The molecule has 0 aromatic heterocycles. The van der Waals surface area contributed by atoms with Crippen molar-refractivity contribution in [2.75, 3.05) is 6.54 Å². The molecule has 0 heterocycles. The summed E-state index contributed by atoms with van der Waals surface area (Å²) in [6.45, 7) is 4.51. The molecule has 1 aliphatic rings.